The molecule has 11 rings (SSSR count). The fourth-order valence-corrected chi connectivity index (χ4v) is 11.1. The molecular weight excluding hydrogens is 820 g/mol. The number of fused-ring (bicyclic) bond motifs is 6. The van der Waals surface area contributed by atoms with Gasteiger partial charge in [0.25, 0.3) is 11.8 Å². The number of carbonyl (C=O) groups is 4. The van der Waals surface area contributed by atoms with Crippen molar-refractivity contribution in [3.8, 4) is 35.4 Å². The molecular formula is C48H45FN8O7. The van der Waals surface area contributed by atoms with E-state index in [0.29, 0.717) is 71.5 Å². The molecule has 3 aromatic carbocycles. The first-order valence-corrected chi connectivity index (χ1v) is 22.0. The van der Waals surface area contributed by atoms with Crippen LogP contribution in [0.2, 0.25) is 0 Å². The normalized spacial score (nSPS) is 25.3. The number of terminal acetylenes is 1. The number of amides is 4. The Morgan fingerprint density at radius 1 is 0.953 bits per heavy atom. The van der Waals surface area contributed by atoms with E-state index >= 15 is 4.39 Å². The summed E-state index contributed by atoms with van der Waals surface area (Å²) in [7, 11) is 0. The summed E-state index contributed by atoms with van der Waals surface area (Å²) in [5.74, 6) is 0.394. The fraction of sp³-hybridized carbons (Fsp3) is 0.396. The maximum Gasteiger partial charge on any atom is 0.319 e. The average Bonchev–Trinajstić information content (AvgIpc) is 4.03. The third-order valence-electron chi connectivity index (χ3n) is 14.1. The Morgan fingerprint density at radius 3 is 2.59 bits per heavy atom. The van der Waals surface area contributed by atoms with Gasteiger partial charge in [0.05, 0.1) is 35.3 Å². The lowest BCUT2D eigenvalue weighted by molar-refractivity contribution is -0.136. The molecule has 5 atom stereocenters. The van der Waals surface area contributed by atoms with E-state index in [0.717, 1.165) is 55.5 Å². The van der Waals surface area contributed by atoms with Gasteiger partial charge in [0.2, 0.25) is 11.8 Å². The van der Waals surface area contributed by atoms with Crippen LogP contribution in [0.5, 0.6) is 11.8 Å². The average molecular weight is 865 g/mol. The smallest absolute Gasteiger partial charge is 0.319 e. The van der Waals surface area contributed by atoms with Crippen molar-refractivity contribution in [2.45, 2.75) is 87.7 Å². The molecule has 4 amide bonds. The molecule has 2 unspecified atom stereocenters. The highest BCUT2D eigenvalue weighted by Crippen LogP contribution is 2.44. The van der Waals surface area contributed by atoms with Crippen LogP contribution < -0.4 is 20.3 Å². The van der Waals surface area contributed by atoms with Crippen molar-refractivity contribution in [3.63, 3.8) is 0 Å². The number of nitrogens with zero attached hydrogens (tertiary/aromatic N) is 6. The highest BCUT2D eigenvalue weighted by atomic mass is 19.1. The fourth-order valence-electron chi connectivity index (χ4n) is 11.1. The molecule has 5 saturated heterocycles. The summed E-state index contributed by atoms with van der Waals surface area (Å²) >= 11 is 0. The zero-order valence-corrected chi connectivity index (χ0v) is 34.9. The molecule has 6 aliphatic heterocycles. The van der Waals surface area contributed by atoms with Gasteiger partial charge in [-0.3, -0.25) is 39.3 Å². The molecule has 5 aromatic rings. The summed E-state index contributed by atoms with van der Waals surface area (Å²) in [6.45, 7) is 3.21. The van der Waals surface area contributed by atoms with Crippen LogP contribution in [0.1, 0.15) is 83.2 Å². The third-order valence-corrected chi connectivity index (χ3v) is 14.1. The van der Waals surface area contributed by atoms with Crippen LogP contribution >= 0.6 is 0 Å². The zero-order valence-electron chi connectivity index (χ0n) is 34.9. The molecule has 0 saturated carbocycles. The predicted octanol–water partition coefficient (Wildman–Crippen LogP) is 4.61. The molecule has 16 heteroatoms. The second-order valence-corrected chi connectivity index (χ2v) is 17.9. The van der Waals surface area contributed by atoms with Gasteiger partial charge in [-0.15, -0.1) is 6.42 Å². The lowest BCUT2D eigenvalue weighted by Gasteiger charge is -2.35. The number of anilines is 1. The number of piperazine rings is 1. The van der Waals surface area contributed by atoms with Gasteiger partial charge < -0.3 is 24.8 Å². The highest BCUT2D eigenvalue weighted by molar-refractivity contribution is 6.23. The first kappa shape index (κ1) is 40.2. The van der Waals surface area contributed by atoms with E-state index in [4.69, 9.17) is 25.9 Å². The Balaban J connectivity index is 0.826. The monoisotopic (exact) mass is 864 g/mol. The van der Waals surface area contributed by atoms with Gasteiger partial charge in [-0.2, -0.15) is 9.97 Å². The number of rotatable bonds is 10. The number of piperidine rings is 1. The quantitative estimate of drug-likeness (QED) is 0.131. The molecule has 64 heavy (non-hydrogen) atoms. The maximum absolute atomic E-state index is 17.2. The molecule has 3 N–H and O–H groups in total. The van der Waals surface area contributed by atoms with Crippen molar-refractivity contribution in [1.29, 1.82) is 0 Å². The van der Waals surface area contributed by atoms with E-state index in [1.54, 1.807) is 42.6 Å². The Labute approximate surface area is 367 Å². The molecule has 8 heterocycles. The summed E-state index contributed by atoms with van der Waals surface area (Å²) in [5.41, 5.74) is 1.87. The van der Waals surface area contributed by atoms with Gasteiger partial charge in [0.1, 0.15) is 35.4 Å². The Kier molecular flexibility index (Phi) is 9.82. The van der Waals surface area contributed by atoms with Gasteiger partial charge in [0, 0.05) is 60.3 Å². The van der Waals surface area contributed by atoms with Crippen LogP contribution in [-0.2, 0) is 20.9 Å². The van der Waals surface area contributed by atoms with Crippen LogP contribution in [0, 0.1) is 18.2 Å². The Morgan fingerprint density at radius 2 is 1.78 bits per heavy atom. The van der Waals surface area contributed by atoms with Gasteiger partial charge in [-0.1, -0.05) is 24.1 Å². The third kappa shape index (κ3) is 6.72. The SMILES string of the molecule is C#Cc1cccc2cc(O)cc(-c3ncc4c(N5C[C@H]6CC[C@@H](C5)N6)nc(OC[C@@]56CCCN5C(COCc5ccc7c(c5)C(=O)N(C5CCC(=O)NC5=O)C7=O)CC6)nc4c3F)c12. The van der Waals surface area contributed by atoms with Crippen molar-refractivity contribution < 1.29 is 38.1 Å². The van der Waals surface area contributed by atoms with E-state index in [2.05, 4.69) is 31.3 Å². The predicted molar refractivity (Wildman–Crippen MR) is 232 cm³/mol. The number of imide groups is 2. The van der Waals surface area contributed by atoms with E-state index in [-0.39, 0.29) is 65.1 Å². The van der Waals surface area contributed by atoms with Gasteiger partial charge >= 0.3 is 6.01 Å². The lowest BCUT2D eigenvalue weighted by Crippen LogP contribution is -2.54. The number of halogens is 1. The molecule has 0 aliphatic carbocycles. The van der Waals surface area contributed by atoms with E-state index < -0.39 is 35.5 Å². The number of pyridine rings is 1. The number of nitrogens with one attached hydrogen (secondary N) is 2. The zero-order chi connectivity index (χ0) is 43.9. The number of aromatic nitrogens is 3. The second kappa shape index (κ2) is 15.6. The summed E-state index contributed by atoms with van der Waals surface area (Å²) < 4.78 is 30.0. The molecule has 2 bridgehead atoms. The van der Waals surface area contributed by atoms with Crippen LogP contribution in [-0.4, -0.2) is 116 Å². The Bertz CT molecular complexity index is 2860. The lowest BCUT2D eigenvalue weighted by atomic mass is 9.95. The van der Waals surface area contributed by atoms with Gasteiger partial charge in [0.15, 0.2) is 5.82 Å². The molecule has 326 valence electrons. The van der Waals surface area contributed by atoms with E-state index in [9.17, 15) is 24.3 Å². The van der Waals surface area contributed by atoms with Crippen LogP contribution in [0.4, 0.5) is 10.2 Å². The Hall–Kier alpha value is -6.54. The van der Waals surface area contributed by atoms with Gasteiger partial charge in [-0.05, 0) is 92.8 Å². The maximum atomic E-state index is 17.2. The van der Waals surface area contributed by atoms with Crippen LogP contribution in [0.15, 0.2) is 54.7 Å². The van der Waals surface area contributed by atoms with Crippen molar-refractivity contribution >= 4 is 51.1 Å². The van der Waals surface area contributed by atoms with Crippen molar-refractivity contribution in [3.05, 3.63) is 82.8 Å². The first-order chi connectivity index (χ1) is 31.1. The molecule has 0 radical (unpaired) electrons. The number of carbonyl (C=O) groups excluding carboxylic acids is 4. The van der Waals surface area contributed by atoms with Crippen molar-refractivity contribution in [1.82, 2.24) is 35.4 Å². The molecule has 0 spiro atoms. The number of phenolic OH excluding ortho intramolecular Hbond substituents is 1. The second-order valence-electron chi connectivity index (χ2n) is 17.9. The van der Waals surface area contributed by atoms with Gasteiger partial charge in [-0.25, -0.2) is 4.39 Å². The number of aromatic hydroxyl groups is 1. The highest BCUT2D eigenvalue weighted by Gasteiger charge is 2.50. The summed E-state index contributed by atoms with van der Waals surface area (Å²) in [5, 5.41) is 18.3. The minimum Gasteiger partial charge on any atom is -0.508 e. The largest absolute Gasteiger partial charge is 0.508 e. The first-order valence-electron chi connectivity index (χ1n) is 22.0. The van der Waals surface area contributed by atoms with E-state index in [1.807, 2.05) is 6.07 Å². The van der Waals surface area contributed by atoms with Crippen LogP contribution in [0.25, 0.3) is 32.9 Å². The standard InChI is InChI=1S/C48H45FN8O7/c1-2-27-5-3-6-28-18-32(58)19-35(39(27)28)41-40(49)42-36(20-50-41)43(55-21-29-8-9-30(22-55)51-29)54-47(53-42)64-25-48-14-4-16-56(48)31(13-15-48)24-63-23-26-7-10-33-34(17-26)46(62)57(45(33)61)37-11-12-38(59)52-44(37)60/h1,3,5-7,10,17-20,29-31,37,51,58H,4,8-9,11-16,21-25H2,(H,52,59,60)/t29-,30+,31?,37?,48-/m0/s1. The number of phenols is 1. The number of hydrogen-bond donors (Lipinski definition) is 3. The summed E-state index contributed by atoms with van der Waals surface area (Å²) in [6, 6.07) is 13.2. The minimum atomic E-state index is -1.03. The number of hydrogen-bond acceptors (Lipinski definition) is 13. The summed E-state index contributed by atoms with van der Waals surface area (Å²) in [6.07, 6.45) is 13.4. The minimum absolute atomic E-state index is 0.0143. The molecule has 6 aliphatic rings. The van der Waals surface area contributed by atoms with Crippen molar-refractivity contribution in [2.24, 2.45) is 0 Å². The van der Waals surface area contributed by atoms with E-state index in [1.165, 1.54) is 6.07 Å². The number of ether oxygens (including phenoxy) is 2. The summed E-state index contributed by atoms with van der Waals surface area (Å²) in [4.78, 5) is 70.7. The molecule has 15 nitrogen and oxygen atoms in total. The van der Waals surface area contributed by atoms with Crippen molar-refractivity contribution in [2.75, 3.05) is 37.7 Å². The topological polar surface area (TPSA) is 179 Å². The number of benzene rings is 3. The molecule has 2 aromatic heterocycles. The molecule has 5 fully saturated rings. The van der Waals surface area contributed by atoms with Crippen LogP contribution in [0.3, 0.4) is 0 Å².